The molecular formula is C16H25N3O3. The van der Waals surface area contributed by atoms with E-state index in [4.69, 9.17) is 4.74 Å². The van der Waals surface area contributed by atoms with E-state index in [2.05, 4.69) is 10.4 Å². The van der Waals surface area contributed by atoms with E-state index in [9.17, 15) is 9.59 Å². The minimum absolute atomic E-state index is 0.274. The molecule has 1 atom stereocenters. The summed E-state index contributed by atoms with van der Waals surface area (Å²) in [7, 11) is 3.18. The van der Waals surface area contributed by atoms with E-state index in [0.29, 0.717) is 6.42 Å². The van der Waals surface area contributed by atoms with Crippen LogP contribution in [-0.2, 0) is 21.4 Å². The Balaban J connectivity index is 2.78. The van der Waals surface area contributed by atoms with Gasteiger partial charge in [-0.3, -0.25) is 9.48 Å². The van der Waals surface area contributed by atoms with Crippen LogP contribution >= 0.6 is 0 Å². The lowest BCUT2D eigenvalue weighted by atomic mass is 10.0. The van der Waals surface area contributed by atoms with E-state index in [1.54, 1.807) is 10.8 Å². The molecule has 0 aromatic carbocycles. The van der Waals surface area contributed by atoms with Gasteiger partial charge in [0.1, 0.15) is 6.04 Å². The number of ether oxygens (including phenoxy) is 1. The van der Waals surface area contributed by atoms with E-state index in [0.717, 1.165) is 17.0 Å². The molecule has 0 saturated heterocycles. The highest BCUT2D eigenvalue weighted by atomic mass is 16.5. The van der Waals surface area contributed by atoms with Crippen LogP contribution in [-0.4, -0.2) is 34.8 Å². The summed E-state index contributed by atoms with van der Waals surface area (Å²) < 4.78 is 6.49. The zero-order valence-corrected chi connectivity index (χ0v) is 14.1. The lowest BCUT2D eigenvalue weighted by Gasteiger charge is -2.17. The fourth-order valence-electron chi connectivity index (χ4n) is 2.24. The molecule has 0 saturated carbocycles. The first kappa shape index (κ1) is 17.9. The zero-order valence-electron chi connectivity index (χ0n) is 14.1. The highest BCUT2D eigenvalue weighted by Crippen LogP contribution is 2.13. The zero-order chi connectivity index (χ0) is 16.9. The van der Waals surface area contributed by atoms with Crippen molar-refractivity contribution < 1.29 is 14.3 Å². The number of esters is 1. The molecule has 1 heterocycles. The van der Waals surface area contributed by atoms with Crippen LogP contribution in [0.1, 0.15) is 37.2 Å². The van der Waals surface area contributed by atoms with E-state index in [1.807, 2.05) is 34.7 Å². The van der Waals surface area contributed by atoms with Crippen molar-refractivity contribution in [3.05, 3.63) is 23.0 Å². The molecule has 22 heavy (non-hydrogen) atoms. The fraction of sp³-hybridized carbons (Fsp3) is 0.562. The average molecular weight is 307 g/mol. The molecule has 1 aromatic rings. The highest BCUT2D eigenvalue weighted by Gasteiger charge is 2.21. The molecule has 0 aliphatic rings. The van der Waals surface area contributed by atoms with Gasteiger partial charge in [0.15, 0.2) is 0 Å². The smallest absolute Gasteiger partial charge is 0.328 e. The number of aryl methyl sites for hydroxylation is 2. The van der Waals surface area contributed by atoms with E-state index >= 15 is 0 Å². The first-order valence-corrected chi connectivity index (χ1v) is 7.32. The summed E-state index contributed by atoms with van der Waals surface area (Å²) in [5, 5.41) is 6.98. The summed E-state index contributed by atoms with van der Waals surface area (Å²) in [4.78, 5) is 23.7. The van der Waals surface area contributed by atoms with E-state index in [1.165, 1.54) is 13.2 Å². The standard InChI is InChI=1S/C16H25N3O3/c1-10(2)9-14(16(21)22-6)17-15(20)8-7-13-11(3)18-19(5)12(13)4/h7-8,10,14H,9H2,1-6H3,(H,17,20)/b8-7+. The summed E-state index contributed by atoms with van der Waals surface area (Å²) in [6, 6.07) is -0.627. The minimum atomic E-state index is -0.627. The molecule has 1 unspecified atom stereocenters. The van der Waals surface area contributed by atoms with E-state index in [-0.39, 0.29) is 11.8 Å². The molecule has 0 spiro atoms. The van der Waals surface area contributed by atoms with Crippen molar-refractivity contribution >= 4 is 18.0 Å². The van der Waals surface area contributed by atoms with Crippen LogP contribution in [0.2, 0.25) is 0 Å². The third-order valence-electron chi connectivity index (χ3n) is 3.48. The predicted molar refractivity (Wildman–Crippen MR) is 85.1 cm³/mol. The molecule has 6 nitrogen and oxygen atoms in total. The molecule has 1 aromatic heterocycles. The van der Waals surface area contributed by atoms with Crippen molar-refractivity contribution in [1.29, 1.82) is 0 Å². The van der Waals surface area contributed by atoms with Crippen molar-refractivity contribution in [3.63, 3.8) is 0 Å². The Kier molecular flexibility index (Phi) is 6.34. The number of rotatable bonds is 6. The highest BCUT2D eigenvalue weighted by molar-refractivity contribution is 5.94. The SMILES string of the molecule is COC(=O)C(CC(C)C)NC(=O)/C=C/c1c(C)nn(C)c1C. The summed E-state index contributed by atoms with van der Waals surface area (Å²) in [6.45, 7) is 7.80. The monoisotopic (exact) mass is 307 g/mol. The maximum absolute atomic E-state index is 12.0. The van der Waals surface area contributed by atoms with Gasteiger partial charge in [-0.05, 0) is 32.3 Å². The minimum Gasteiger partial charge on any atom is -0.467 e. The second-order valence-corrected chi connectivity index (χ2v) is 5.76. The van der Waals surface area contributed by atoms with Crippen LogP contribution in [0.3, 0.4) is 0 Å². The molecule has 0 fully saturated rings. The van der Waals surface area contributed by atoms with Gasteiger partial charge >= 0.3 is 5.97 Å². The van der Waals surface area contributed by atoms with Gasteiger partial charge in [-0.1, -0.05) is 13.8 Å². The molecule has 1 amide bonds. The van der Waals surface area contributed by atoms with Crippen LogP contribution in [0.5, 0.6) is 0 Å². The first-order valence-electron chi connectivity index (χ1n) is 7.32. The second-order valence-electron chi connectivity index (χ2n) is 5.76. The van der Waals surface area contributed by atoms with E-state index < -0.39 is 12.0 Å². The number of nitrogens with one attached hydrogen (secondary N) is 1. The largest absolute Gasteiger partial charge is 0.467 e. The number of nitrogens with zero attached hydrogens (tertiary/aromatic N) is 2. The topological polar surface area (TPSA) is 73.2 Å². The normalized spacial score (nSPS) is 12.7. The van der Waals surface area contributed by atoms with Gasteiger partial charge in [-0.2, -0.15) is 5.10 Å². The molecule has 0 bridgehead atoms. The van der Waals surface area contributed by atoms with Gasteiger partial charge in [0.05, 0.1) is 12.8 Å². The molecule has 0 aliphatic heterocycles. The number of amides is 1. The number of methoxy groups -OCH3 is 1. The van der Waals surface area contributed by atoms with Gasteiger partial charge in [-0.15, -0.1) is 0 Å². The van der Waals surface area contributed by atoms with Crippen molar-refractivity contribution in [1.82, 2.24) is 15.1 Å². The van der Waals surface area contributed by atoms with Gasteiger partial charge in [0.2, 0.25) is 5.91 Å². The maximum atomic E-state index is 12.0. The van der Waals surface area contributed by atoms with Gasteiger partial charge in [-0.25, -0.2) is 4.79 Å². The Hall–Kier alpha value is -2.11. The summed E-state index contributed by atoms with van der Waals surface area (Å²) in [5.74, 6) is -0.473. The van der Waals surface area contributed by atoms with Crippen LogP contribution in [0.15, 0.2) is 6.08 Å². The number of aromatic nitrogens is 2. The van der Waals surface area contributed by atoms with Crippen molar-refractivity contribution in [2.24, 2.45) is 13.0 Å². The maximum Gasteiger partial charge on any atom is 0.328 e. The van der Waals surface area contributed by atoms with Gasteiger partial charge in [0.25, 0.3) is 0 Å². The number of carbonyl (C=O) groups is 2. The third-order valence-corrected chi connectivity index (χ3v) is 3.48. The van der Waals surface area contributed by atoms with Crippen molar-refractivity contribution in [2.75, 3.05) is 7.11 Å². The molecule has 122 valence electrons. The Morgan fingerprint density at radius 2 is 2.00 bits per heavy atom. The Labute approximate surface area is 131 Å². The molecule has 0 radical (unpaired) electrons. The lowest BCUT2D eigenvalue weighted by molar-refractivity contribution is -0.145. The Bertz CT molecular complexity index is 573. The number of hydrogen-bond acceptors (Lipinski definition) is 4. The van der Waals surface area contributed by atoms with Crippen LogP contribution in [0.4, 0.5) is 0 Å². The average Bonchev–Trinajstić information content (AvgIpc) is 2.68. The number of hydrogen-bond donors (Lipinski definition) is 1. The number of carbonyl (C=O) groups excluding carboxylic acids is 2. The molecule has 0 aliphatic carbocycles. The van der Waals surface area contributed by atoms with Crippen molar-refractivity contribution in [3.8, 4) is 0 Å². The lowest BCUT2D eigenvalue weighted by Crippen LogP contribution is -2.41. The fourth-order valence-corrected chi connectivity index (χ4v) is 2.24. The third kappa shape index (κ3) is 4.72. The quantitative estimate of drug-likeness (QED) is 0.642. The Morgan fingerprint density at radius 3 is 2.45 bits per heavy atom. The predicted octanol–water partition coefficient (Wildman–Crippen LogP) is 1.75. The summed E-state index contributed by atoms with van der Waals surface area (Å²) in [6.07, 6.45) is 3.68. The summed E-state index contributed by atoms with van der Waals surface area (Å²) in [5.41, 5.74) is 2.75. The van der Waals surface area contributed by atoms with Gasteiger partial charge in [0, 0.05) is 24.4 Å². The second kappa shape index (κ2) is 7.77. The summed E-state index contributed by atoms with van der Waals surface area (Å²) >= 11 is 0. The van der Waals surface area contributed by atoms with Gasteiger partial charge < -0.3 is 10.1 Å². The van der Waals surface area contributed by atoms with Crippen molar-refractivity contribution in [2.45, 2.75) is 40.2 Å². The molecule has 1 N–H and O–H groups in total. The molecule has 1 rings (SSSR count). The molecular weight excluding hydrogens is 282 g/mol. The van der Waals surface area contributed by atoms with Crippen LogP contribution in [0, 0.1) is 19.8 Å². The Morgan fingerprint density at radius 1 is 1.36 bits per heavy atom. The molecule has 6 heteroatoms. The first-order chi connectivity index (χ1) is 10.3. The van der Waals surface area contributed by atoms with Crippen LogP contribution < -0.4 is 5.32 Å². The van der Waals surface area contributed by atoms with Crippen LogP contribution in [0.25, 0.3) is 6.08 Å².